The Morgan fingerprint density at radius 2 is 2.12 bits per heavy atom. The summed E-state index contributed by atoms with van der Waals surface area (Å²) in [7, 11) is 0. The molecule has 3 heterocycles. The van der Waals surface area contributed by atoms with Gasteiger partial charge in [0.2, 0.25) is 5.91 Å². The highest BCUT2D eigenvalue weighted by Crippen LogP contribution is 2.27. The van der Waals surface area contributed by atoms with Crippen molar-refractivity contribution in [3.8, 4) is 0 Å². The van der Waals surface area contributed by atoms with Gasteiger partial charge in [0.05, 0.1) is 6.10 Å². The molecule has 3 rings (SSSR count). The Labute approximate surface area is 97.3 Å². The van der Waals surface area contributed by atoms with Crippen LogP contribution in [0.1, 0.15) is 26.7 Å². The average Bonchev–Trinajstić information content (AvgIpc) is 2.28. The Balaban J connectivity index is 1.75. The first-order valence-corrected chi connectivity index (χ1v) is 6.28. The predicted octanol–water partition coefficient (Wildman–Crippen LogP) is 0.622. The van der Waals surface area contributed by atoms with Crippen molar-refractivity contribution < 1.29 is 9.53 Å². The van der Waals surface area contributed by atoms with Crippen LogP contribution in [-0.4, -0.2) is 49.2 Å². The van der Waals surface area contributed by atoms with Crippen molar-refractivity contribution in [2.24, 2.45) is 5.92 Å². The number of carbonyl (C=O) groups excluding carboxylic acids is 1. The maximum Gasteiger partial charge on any atom is 0.246 e. The zero-order valence-corrected chi connectivity index (χ0v) is 10.2. The van der Waals surface area contributed by atoms with Gasteiger partial charge < -0.3 is 15.0 Å². The Kier molecular flexibility index (Phi) is 3.82. The number of nitrogens with zero attached hydrogens (tertiary/aromatic N) is 1. The minimum absolute atomic E-state index is 0.0347. The Morgan fingerprint density at radius 1 is 1.44 bits per heavy atom. The Morgan fingerprint density at radius 3 is 2.62 bits per heavy atom. The molecule has 0 saturated carbocycles. The normalized spacial score (nSPS) is 33.1. The monoisotopic (exact) mass is 226 g/mol. The molecule has 0 spiro atoms. The van der Waals surface area contributed by atoms with Crippen LogP contribution in [0.25, 0.3) is 0 Å². The van der Waals surface area contributed by atoms with Crippen molar-refractivity contribution in [1.29, 1.82) is 0 Å². The summed E-state index contributed by atoms with van der Waals surface area (Å²) in [5.41, 5.74) is 0. The smallest absolute Gasteiger partial charge is 0.246 e. The Bertz CT molecular complexity index is 247. The van der Waals surface area contributed by atoms with Crippen molar-refractivity contribution in [3.63, 3.8) is 0 Å². The molecule has 3 saturated heterocycles. The number of hydrogen-bond donors (Lipinski definition) is 1. The van der Waals surface area contributed by atoms with Gasteiger partial charge in [-0.3, -0.25) is 4.79 Å². The number of fused-ring (bicyclic) bond motifs is 3. The van der Waals surface area contributed by atoms with E-state index in [-0.39, 0.29) is 18.6 Å². The molecular formula is C12H22N2O2. The summed E-state index contributed by atoms with van der Waals surface area (Å²) >= 11 is 0. The van der Waals surface area contributed by atoms with Gasteiger partial charge in [-0.1, -0.05) is 0 Å². The number of hydrogen-bond acceptors (Lipinski definition) is 3. The first kappa shape index (κ1) is 11.9. The molecule has 3 aliphatic rings. The number of nitrogens with one attached hydrogen (secondary N) is 1. The Hall–Kier alpha value is -0.610. The molecule has 1 atom stereocenters. The first-order chi connectivity index (χ1) is 7.65. The van der Waals surface area contributed by atoms with E-state index >= 15 is 0 Å². The zero-order valence-electron chi connectivity index (χ0n) is 10.2. The summed E-state index contributed by atoms with van der Waals surface area (Å²) in [6, 6.07) is 0.353. The van der Waals surface area contributed by atoms with Crippen LogP contribution >= 0.6 is 0 Å². The largest absolute Gasteiger partial charge is 0.369 e. The van der Waals surface area contributed by atoms with E-state index in [4.69, 9.17) is 4.74 Å². The van der Waals surface area contributed by atoms with Gasteiger partial charge >= 0.3 is 0 Å². The second kappa shape index (κ2) is 5.15. The molecule has 2 bridgehead atoms. The molecule has 1 unspecified atom stereocenters. The molecule has 3 fully saturated rings. The third kappa shape index (κ3) is 2.95. The van der Waals surface area contributed by atoms with Crippen LogP contribution in [0.2, 0.25) is 0 Å². The van der Waals surface area contributed by atoms with Gasteiger partial charge in [0, 0.05) is 12.6 Å². The average molecular weight is 226 g/mol. The standard InChI is InChI=1S/C12H22N2O2/c1-9(2)16-8-12(15)13-11-7-14-5-3-10(11)4-6-14/h9-11H,3-8H2,1-2H3,(H,13,15). The van der Waals surface area contributed by atoms with Gasteiger partial charge in [-0.05, 0) is 45.7 Å². The second-order valence-electron chi connectivity index (χ2n) is 5.17. The van der Waals surface area contributed by atoms with Crippen molar-refractivity contribution in [2.45, 2.75) is 38.8 Å². The summed E-state index contributed by atoms with van der Waals surface area (Å²) in [5, 5.41) is 3.10. The molecule has 1 amide bonds. The lowest BCUT2D eigenvalue weighted by Crippen LogP contribution is -2.57. The van der Waals surface area contributed by atoms with Crippen LogP contribution in [0.15, 0.2) is 0 Å². The highest BCUT2D eigenvalue weighted by Gasteiger charge is 2.34. The van der Waals surface area contributed by atoms with Crippen LogP contribution in [0.5, 0.6) is 0 Å². The molecule has 0 radical (unpaired) electrons. The van der Waals surface area contributed by atoms with Crippen molar-refractivity contribution in [3.05, 3.63) is 0 Å². The van der Waals surface area contributed by atoms with Crippen LogP contribution in [0, 0.1) is 5.92 Å². The van der Waals surface area contributed by atoms with E-state index in [0.717, 1.165) is 6.54 Å². The molecule has 0 aromatic carbocycles. The van der Waals surface area contributed by atoms with E-state index in [0.29, 0.717) is 12.0 Å². The van der Waals surface area contributed by atoms with E-state index in [9.17, 15) is 4.79 Å². The van der Waals surface area contributed by atoms with Crippen LogP contribution in [0.3, 0.4) is 0 Å². The number of carbonyl (C=O) groups is 1. The predicted molar refractivity (Wildman–Crippen MR) is 62.2 cm³/mol. The quantitative estimate of drug-likeness (QED) is 0.764. The summed E-state index contributed by atoms with van der Waals surface area (Å²) in [6.07, 6.45) is 2.59. The molecule has 0 aromatic rings. The third-order valence-electron chi connectivity index (χ3n) is 3.55. The zero-order chi connectivity index (χ0) is 11.5. The fourth-order valence-corrected chi connectivity index (χ4v) is 2.62. The van der Waals surface area contributed by atoms with Gasteiger partial charge in [0.1, 0.15) is 6.61 Å². The lowest BCUT2D eigenvalue weighted by Gasteiger charge is -2.44. The second-order valence-corrected chi connectivity index (χ2v) is 5.17. The van der Waals surface area contributed by atoms with Gasteiger partial charge in [0.15, 0.2) is 0 Å². The van der Waals surface area contributed by atoms with Crippen LogP contribution < -0.4 is 5.32 Å². The minimum atomic E-state index is 0.0347. The fourth-order valence-electron chi connectivity index (χ4n) is 2.62. The molecule has 0 aliphatic carbocycles. The molecular weight excluding hydrogens is 204 g/mol. The fraction of sp³-hybridized carbons (Fsp3) is 0.917. The van der Waals surface area contributed by atoms with Crippen molar-refractivity contribution in [1.82, 2.24) is 10.2 Å². The van der Waals surface area contributed by atoms with E-state index < -0.39 is 0 Å². The summed E-state index contributed by atoms with van der Waals surface area (Å²) < 4.78 is 5.30. The molecule has 92 valence electrons. The van der Waals surface area contributed by atoms with Gasteiger partial charge in [-0.15, -0.1) is 0 Å². The van der Waals surface area contributed by atoms with E-state index in [1.165, 1.54) is 25.9 Å². The maximum absolute atomic E-state index is 11.6. The molecule has 0 aromatic heterocycles. The van der Waals surface area contributed by atoms with Crippen LogP contribution in [0.4, 0.5) is 0 Å². The number of piperidine rings is 3. The molecule has 4 heteroatoms. The van der Waals surface area contributed by atoms with Crippen molar-refractivity contribution >= 4 is 5.91 Å². The van der Waals surface area contributed by atoms with Gasteiger partial charge in [0.25, 0.3) is 0 Å². The first-order valence-electron chi connectivity index (χ1n) is 6.28. The highest BCUT2D eigenvalue weighted by molar-refractivity contribution is 5.77. The number of rotatable bonds is 4. The van der Waals surface area contributed by atoms with Crippen LogP contribution in [-0.2, 0) is 9.53 Å². The van der Waals surface area contributed by atoms with E-state index in [2.05, 4.69) is 10.2 Å². The number of amides is 1. The summed E-state index contributed by atoms with van der Waals surface area (Å²) in [6.45, 7) is 7.53. The van der Waals surface area contributed by atoms with E-state index in [1.54, 1.807) is 0 Å². The minimum Gasteiger partial charge on any atom is -0.369 e. The molecule has 4 nitrogen and oxygen atoms in total. The third-order valence-corrected chi connectivity index (χ3v) is 3.55. The van der Waals surface area contributed by atoms with Gasteiger partial charge in [-0.2, -0.15) is 0 Å². The highest BCUT2D eigenvalue weighted by atomic mass is 16.5. The molecule has 16 heavy (non-hydrogen) atoms. The maximum atomic E-state index is 11.6. The van der Waals surface area contributed by atoms with Gasteiger partial charge in [-0.25, -0.2) is 0 Å². The topological polar surface area (TPSA) is 41.6 Å². The lowest BCUT2D eigenvalue weighted by molar-refractivity contribution is -0.129. The van der Waals surface area contributed by atoms with Crippen molar-refractivity contribution in [2.75, 3.05) is 26.2 Å². The number of ether oxygens (including phenoxy) is 1. The SMILES string of the molecule is CC(C)OCC(=O)NC1CN2CCC1CC2. The summed E-state index contributed by atoms with van der Waals surface area (Å²) in [5.74, 6) is 0.723. The lowest BCUT2D eigenvalue weighted by atomic mass is 9.84. The van der Waals surface area contributed by atoms with E-state index in [1.807, 2.05) is 13.8 Å². The molecule has 1 N–H and O–H groups in total. The molecule has 3 aliphatic heterocycles. The summed E-state index contributed by atoms with van der Waals surface area (Å²) in [4.78, 5) is 14.1.